The third kappa shape index (κ3) is 3.83. The minimum atomic E-state index is -4.69. The van der Waals surface area contributed by atoms with Crippen LogP contribution in [0.1, 0.15) is 35.2 Å². The topological polar surface area (TPSA) is 53.4 Å². The van der Waals surface area contributed by atoms with E-state index in [1.165, 1.54) is 4.90 Å². The fourth-order valence-electron chi connectivity index (χ4n) is 3.44. The fraction of sp³-hybridized carbons (Fsp3) is 0.400. The largest absolute Gasteiger partial charge is 0.417 e. The monoisotopic (exact) mass is 378 g/mol. The van der Waals surface area contributed by atoms with Gasteiger partial charge in [-0.2, -0.15) is 13.2 Å². The molecule has 27 heavy (non-hydrogen) atoms. The van der Waals surface area contributed by atoms with Crippen LogP contribution in [0.15, 0.2) is 42.6 Å². The van der Waals surface area contributed by atoms with Gasteiger partial charge < -0.3 is 10.0 Å². The molecule has 2 heterocycles. The van der Waals surface area contributed by atoms with Gasteiger partial charge in [0.2, 0.25) is 0 Å². The molecular weight excluding hydrogens is 357 g/mol. The molecule has 4 nitrogen and oxygen atoms in total. The summed E-state index contributed by atoms with van der Waals surface area (Å²) in [5.74, 6) is -0.322. The van der Waals surface area contributed by atoms with Gasteiger partial charge in [0.05, 0.1) is 5.69 Å². The Morgan fingerprint density at radius 3 is 2.59 bits per heavy atom. The van der Waals surface area contributed by atoms with E-state index in [-0.39, 0.29) is 25.4 Å². The number of rotatable bonds is 2. The third-order valence-electron chi connectivity index (χ3n) is 5.13. The van der Waals surface area contributed by atoms with Crippen LogP contribution in [-0.4, -0.2) is 45.8 Å². The van der Waals surface area contributed by atoms with Gasteiger partial charge >= 0.3 is 6.18 Å². The average Bonchev–Trinajstić information content (AvgIpc) is 2.84. The van der Waals surface area contributed by atoms with E-state index in [0.717, 1.165) is 16.8 Å². The predicted octanol–water partition coefficient (Wildman–Crippen LogP) is 3.98. The number of carbonyl (C=O) groups excluding carboxylic acids is 1. The lowest BCUT2D eigenvalue weighted by atomic mass is 9.94. The van der Waals surface area contributed by atoms with Crippen molar-refractivity contribution < 1.29 is 23.1 Å². The highest BCUT2D eigenvalue weighted by Crippen LogP contribution is 2.38. The Balaban J connectivity index is 1.85. The molecule has 1 aliphatic heterocycles. The van der Waals surface area contributed by atoms with Crippen molar-refractivity contribution in [3.8, 4) is 11.3 Å². The number of nitrogens with zero attached hydrogens (tertiary/aromatic N) is 2. The summed E-state index contributed by atoms with van der Waals surface area (Å²) < 4.78 is 39.3. The molecule has 1 aromatic carbocycles. The predicted molar refractivity (Wildman–Crippen MR) is 95.2 cm³/mol. The van der Waals surface area contributed by atoms with Gasteiger partial charge in [-0.05, 0) is 43.5 Å². The molecule has 1 saturated heterocycles. The van der Waals surface area contributed by atoms with E-state index in [0.29, 0.717) is 5.56 Å². The molecule has 7 heteroatoms. The van der Waals surface area contributed by atoms with E-state index < -0.39 is 24.6 Å². The number of aromatic nitrogens is 1. The molecule has 0 spiro atoms. The Labute approximate surface area is 155 Å². The molecule has 2 aromatic rings. The molecule has 0 bridgehead atoms. The van der Waals surface area contributed by atoms with Gasteiger partial charge in [-0.25, -0.2) is 0 Å². The van der Waals surface area contributed by atoms with Crippen molar-refractivity contribution in [2.75, 3.05) is 13.1 Å². The van der Waals surface area contributed by atoms with Gasteiger partial charge in [0, 0.05) is 36.8 Å². The molecule has 1 aromatic heterocycles. The summed E-state index contributed by atoms with van der Waals surface area (Å²) in [4.78, 5) is 18.7. The molecule has 0 saturated carbocycles. The second kappa shape index (κ2) is 7.31. The second-order valence-corrected chi connectivity index (χ2v) is 6.87. The molecule has 1 fully saturated rings. The van der Waals surface area contributed by atoms with Gasteiger partial charge in [0.25, 0.3) is 5.91 Å². The van der Waals surface area contributed by atoms with Gasteiger partial charge in [-0.1, -0.05) is 18.2 Å². The summed E-state index contributed by atoms with van der Waals surface area (Å²) in [6.07, 6.45) is -3.84. The number of alkyl halides is 3. The van der Waals surface area contributed by atoms with Crippen LogP contribution >= 0.6 is 0 Å². The number of carbonyl (C=O) groups is 1. The molecule has 0 aliphatic carbocycles. The number of pyridine rings is 1. The van der Waals surface area contributed by atoms with Gasteiger partial charge in [-0.3, -0.25) is 9.78 Å². The highest BCUT2D eigenvalue weighted by Gasteiger charge is 2.53. The minimum absolute atomic E-state index is 0.0979. The molecule has 1 aliphatic rings. The first-order valence-electron chi connectivity index (χ1n) is 8.82. The Hall–Kier alpha value is -2.41. The Bertz CT molecular complexity index is 824. The maximum Gasteiger partial charge on any atom is 0.417 e. The van der Waals surface area contributed by atoms with Crippen molar-refractivity contribution in [3.63, 3.8) is 0 Å². The molecule has 1 atom stereocenters. The zero-order valence-electron chi connectivity index (χ0n) is 15.0. The van der Waals surface area contributed by atoms with E-state index in [1.54, 1.807) is 31.3 Å². The highest BCUT2D eigenvalue weighted by molar-refractivity contribution is 5.97. The lowest BCUT2D eigenvalue weighted by molar-refractivity contribution is -0.263. The van der Waals surface area contributed by atoms with Crippen molar-refractivity contribution in [2.45, 2.75) is 38.0 Å². The Kier molecular flexibility index (Phi) is 5.24. The first-order valence-corrected chi connectivity index (χ1v) is 8.82. The van der Waals surface area contributed by atoms with Crippen molar-refractivity contribution in [1.29, 1.82) is 0 Å². The molecule has 3 rings (SSSR count). The van der Waals surface area contributed by atoms with Crippen LogP contribution in [0.5, 0.6) is 0 Å². The SMILES string of the molecule is Cc1c(C(=O)N2CCCC(O)(C(F)(F)F)CC2)cccc1-c1ccccn1. The first-order chi connectivity index (χ1) is 12.7. The van der Waals surface area contributed by atoms with Crippen molar-refractivity contribution in [3.05, 3.63) is 53.7 Å². The van der Waals surface area contributed by atoms with Crippen LogP contribution in [0.25, 0.3) is 11.3 Å². The number of hydrogen-bond acceptors (Lipinski definition) is 3. The molecule has 1 unspecified atom stereocenters. The van der Waals surface area contributed by atoms with E-state index in [4.69, 9.17) is 0 Å². The van der Waals surface area contributed by atoms with Gasteiger partial charge in [0.1, 0.15) is 0 Å². The zero-order valence-corrected chi connectivity index (χ0v) is 15.0. The van der Waals surface area contributed by atoms with Crippen molar-refractivity contribution in [2.24, 2.45) is 0 Å². The lowest BCUT2D eigenvalue weighted by Crippen LogP contribution is -2.46. The summed E-state index contributed by atoms with van der Waals surface area (Å²) in [5, 5.41) is 9.93. The smallest absolute Gasteiger partial charge is 0.380 e. The molecular formula is C20H21F3N2O2. The van der Waals surface area contributed by atoms with Crippen molar-refractivity contribution in [1.82, 2.24) is 9.88 Å². The van der Waals surface area contributed by atoms with Crippen LogP contribution in [-0.2, 0) is 0 Å². The van der Waals surface area contributed by atoms with Crippen LogP contribution < -0.4 is 0 Å². The quantitative estimate of drug-likeness (QED) is 0.860. The summed E-state index contributed by atoms with van der Waals surface area (Å²) in [6.45, 7) is 1.85. The van der Waals surface area contributed by atoms with E-state index in [9.17, 15) is 23.1 Å². The highest BCUT2D eigenvalue weighted by atomic mass is 19.4. The number of hydrogen-bond donors (Lipinski definition) is 1. The van der Waals surface area contributed by atoms with Crippen LogP contribution in [0, 0.1) is 6.92 Å². The molecule has 0 radical (unpaired) electrons. The summed E-state index contributed by atoms with van der Waals surface area (Å²) in [5.41, 5.74) is -0.0189. The van der Waals surface area contributed by atoms with Crippen LogP contribution in [0.4, 0.5) is 13.2 Å². The zero-order chi connectivity index (χ0) is 19.7. The standard InChI is InChI=1S/C20H21F3N2O2/c1-14-15(17-8-2-3-11-24-17)6-4-7-16(14)18(26)25-12-5-9-19(27,10-13-25)20(21,22)23/h2-4,6-8,11,27H,5,9-10,12-13H2,1H3. The average molecular weight is 378 g/mol. The maximum absolute atomic E-state index is 13.1. The molecule has 1 amide bonds. The third-order valence-corrected chi connectivity index (χ3v) is 5.13. The number of halogens is 3. The summed E-state index contributed by atoms with van der Waals surface area (Å²) >= 11 is 0. The molecule has 144 valence electrons. The normalized spacial score (nSPS) is 21.0. The van der Waals surface area contributed by atoms with Crippen molar-refractivity contribution >= 4 is 5.91 Å². The minimum Gasteiger partial charge on any atom is -0.380 e. The number of aliphatic hydroxyl groups is 1. The number of likely N-dealkylation sites (tertiary alicyclic amines) is 1. The second-order valence-electron chi connectivity index (χ2n) is 6.87. The lowest BCUT2D eigenvalue weighted by Gasteiger charge is -2.29. The first kappa shape index (κ1) is 19.4. The number of benzene rings is 1. The van der Waals surface area contributed by atoms with E-state index in [2.05, 4.69) is 4.98 Å². The maximum atomic E-state index is 13.1. The van der Waals surface area contributed by atoms with Crippen LogP contribution in [0.3, 0.4) is 0 Å². The van der Waals surface area contributed by atoms with Crippen LogP contribution in [0.2, 0.25) is 0 Å². The van der Waals surface area contributed by atoms with Gasteiger partial charge in [0.15, 0.2) is 5.60 Å². The van der Waals surface area contributed by atoms with E-state index in [1.807, 2.05) is 18.2 Å². The molecule has 1 N–H and O–H groups in total. The number of amides is 1. The van der Waals surface area contributed by atoms with E-state index >= 15 is 0 Å². The summed E-state index contributed by atoms with van der Waals surface area (Å²) in [6, 6.07) is 10.8. The Morgan fingerprint density at radius 1 is 1.15 bits per heavy atom. The van der Waals surface area contributed by atoms with Gasteiger partial charge in [-0.15, -0.1) is 0 Å². The Morgan fingerprint density at radius 2 is 1.93 bits per heavy atom. The fourth-order valence-corrected chi connectivity index (χ4v) is 3.44. The summed E-state index contributed by atoms with van der Waals surface area (Å²) in [7, 11) is 0.